The Morgan fingerprint density at radius 3 is 2.03 bits per heavy atom. The standard InChI is InChI=1S/C24H17NO3S/c26-21(20-13-11-19(12-14-20)18-9-5-2-6-10-18)16-25-23(27)22(29-24(25)28)15-17-7-3-1-4-8-17/h1-15H,16H2/b22-15+. The van der Waals surface area contributed by atoms with Crippen LogP contribution < -0.4 is 0 Å². The SMILES string of the molecule is O=C(CN1C(=O)S/C(=C/c2ccccc2)C1=O)c1ccc(-c2ccccc2)cc1. The maximum atomic E-state index is 12.6. The van der Waals surface area contributed by atoms with Gasteiger partial charge in [-0.2, -0.15) is 0 Å². The monoisotopic (exact) mass is 399 g/mol. The molecule has 1 aliphatic heterocycles. The maximum absolute atomic E-state index is 12.6. The average Bonchev–Trinajstić information content (AvgIpc) is 3.02. The van der Waals surface area contributed by atoms with E-state index in [0.29, 0.717) is 10.5 Å². The molecule has 1 aliphatic rings. The smallest absolute Gasteiger partial charge is 0.292 e. The molecular formula is C24H17NO3S. The lowest BCUT2D eigenvalue weighted by Gasteiger charge is -2.11. The third-order valence-electron chi connectivity index (χ3n) is 4.59. The summed E-state index contributed by atoms with van der Waals surface area (Å²) in [4.78, 5) is 38.8. The van der Waals surface area contributed by atoms with Gasteiger partial charge < -0.3 is 0 Å². The normalized spacial score (nSPS) is 15.2. The predicted octanol–water partition coefficient (Wildman–Crippen LogP) is 5.27. The van der Waals surface area contributed by atoms with E-state index in [2.05, 4.69) is 0 Å². The molecule has 0 saturated carbocycles. The summed E-state index contributed by atoms with van der Waals surface area (Å²) in [7, 11) is 0. The van der Waals surface area contributed by atoms with Gasteiger partial charge in [0.1, 0.15) is 0 Å². The Labute approximate surface area is 172 Å². The fourth-order valence-corrected chi connectivity index (χ4v) is 3.89. The quantitative estimate of drug-likeness (QED) is 0.433. The molecule has 0 spiro atoms. The minimum Gasteiger partial charge on any atom is -0.292 e. The topological polar surface area (TPSA) is 54.5 Å². The molecule has 0 bridgehead atoms. The number of carbonyl (C=O) groups excluding carboxylic acids is 3. The van der Waals surface area contributed by atoms with Crippen LogP contribution >= 0.6 is 11.8 Å². The molecule has 142 valence electrons. The van der Waals surface area contributed by atoms with E-state index < -0.39 is 11.1 Å². The lowest BCUT2D eigenvalue weighted by atomic mass is 10.0. The van der Waals surface area contributed by atoms with E-state index in [4.69, 9.17) is 0 Å². The summed E-state index contributed by atoms with van der Waals surface area (Å²) in [5.41, 5.74) is 3.36. The summed E-state index contributed by atoms with van der Waals surface area (Å²) in [6.45, 7) is -0.262. The Balaban J connectivity index is 1.47. The molecule has 29 heavy (non-hydrogen) atoms. The lowest BCUT2D eigenvalue weighted by Crippen LogP contribution is -2.33. The van der Waals surface area contributed by atoms with E-state index in [1.807, 2.05) is 72.8 Å². The number of rotatable bonds is 5. The number of hydrogen-bond acceptors (Lipinski definition) is 4. The van der Waals surface area contributed by atoms with Gasteiger partial charge in [0.15, 0.2) is 5.78 Å². The van der Waals surface area contributed by atoms with Gasteiger partial charge in [-0.15, -0.1) is 0 Å². The Hall–Kier alpha value is -3.44. The molecule has 1 saturated heterocycles. The highest BCUT2D eigenvalue weighted by Crippen LogP contribution is 2.32. The Bertz CT molecular complexity index is 1090. The second-order valence-electron chi connectivity index (χ2n) is 6.55. The Morgan fingerprint density at radius 2 is 1.38 bits per heavy atom. The van der Waals surface area contributed by atoms with Crippen LogP contribution in [-0.4, -0.2) is 28.4 Å². The Morgan fingerprint density at radius 1 is 0.793 bits per heavy atom. The van der Waals surface area contributed by atoms with E-state index in [0.717, 1.165) is 33.4 Å². The van der Waals surface area contributed by atoms with Crippen LogP contribution in [0.4, 0.5) is 4.79 Å². The van der Waals surface area contributed by atoms with Gasteiger partial charge >= 0.3 is 0 Å². The highest BCUT2D eigenvalue weighted by Gasteiger charge is 2.36. The van der Waals surface area contributed by atoms with Crippen LogP contribution in [0.2, 0.25) is 0 Å². The van der Waals surface area contributed by atoms with Gasteiger partial charge in [0.25, 0.3) is 11.1 Å². The van der Waals surface area contributed by atoms with Crippen LogP contribution in [-0.2, 0) is 4.79 Å². The molecule has 3 aromatic rings. The summed E-state index contributed by atoms with van der Waals surface area (Å²) in [5.74, 6) is -0.703. The van der Waals surface area contributed by atoms with Crippen molar-refractivity contribution in [3.8, 4) is 11.1 Å². The number of nitrogens with zero attached hydrogens (tertiary/aromatic N) is 1. The second-order valence-corrected chi connectivity index (χ2v) is 7.54. The van der Waals surface area contributed by atoms with Crippen LogP contribution in [0.3, 0.4) is 0 Å². The largest absolute Gasteiger partial charge is 0.293 e. The fraction of sp³-hybridized carbons (Fsp3) is 0.0417. The molecular weight excluding hydrogens is 382 g/mol. The van der Waals surface area contributed by atoms with Crippen LogP contribution in [0.1, 0.15) is 15.9 Å². The molecule has 0 atom stereocenters. The number of imide groups is 1. The summed E-state index contributed by atoms with van der Waals surface area (Å²) in [6, 6.07) is 26.3. The summed E-state index contributed by atoms with van der Waals surface area (Å²) in [5, 5.41) is -0.425. The molecule has 4 rings (SSSR count). The number of carbonyl (C=O) groups is 3. The van der Waals surface area contributed by atoms with Crippen molar-refractivity contribution in [3.05, 3.63) is 101 Å². The maximum Gasteiger partial charge on any atom is 0.293 e. The first-order valence-electron chi connectivity index (χ1n) is 9.11. The molecule has 0 aromatic heterocycles. The molecule has 1 heterocycles. The van der Waals surface area contributed by atoms with Crippen molar-refractivity contribution < 1.29 is 14.4 Å². The zero-order valence-electron chi connectivity index (χ0n) is 15.4. The molecule has 4 nitrogen and oxygen atoms in total. The molecule has 3 aromatic carbocycles. The van der Waals surface area contributed by atoms with E-state index in [-0.39, 0.29) is 12.3 Å². The van der Waals surface area contributed by atoms with Gasteiger partial charge in [0.2, 0.25) is 0 Å². The van der Waals surface area contributed by atoms with Crippen LogP contribution in [0.25, 0.3) is 17.2 Å². The molecule has 0 N–H and O–H groups in total. The van der Waals surface area contributed by atoms with Crippen LogP contribution in [0.5, 0.6) is 0 Å². The molecule has 1 fully saturated rings. The minimum atomic E-state index is -0.432. The fourth-order valence-electron chi connectivity index (χ4n) is 3.05. The average molecular weight is 399 g/mol. The number of amides is 2. The predicted molar refractivity (Wildman–Crippen MR) is 115 cm³/mol. The molecule has 5 heteroatoms. The number of thioether (sulfide) groups is 1. The third-order valence-corrected chi connectivity index (χ3v) is 5.49. The van der Waals surface area contributed by atoms with Gasteiger partial charge in [-0.05, 0) is 34.5 Å². The first-order valence-corrected chi connectivity index (χ1v) is 9.92. The summed E-state index contributed by atoms with van der Waals surface area (Å²) in [6.07, 6.45) is 1.67. The number of Topliss-reactive ketones (excluding diaryl/α,β-unsaturated/α-hetero) is 1. The highest BCUT2D eigenvalue weighted by molar-refractivity contribution is 8.18. The van der Waals surface area contributed by atoms with E-state index in [9.17, 15) is 14.4 Å². The van der Waals surface area contributed by atoms with Gasteiger partial charge in [0.05, 0.1) is 11.4 Å². The minimum absolute atomic E-state index is 0.262. The van der Waals surface area contributed by atoms with E-state index in [1.54, 1.807) is 18.2 Å². The molecule has 0 radical (unpaired) electrons. The van der Waals surface area contributed by atoms with Gasteiger partial charge in [0, 0.05) is 5.56 Å². The van der Waals surface area contributed by atoms with Crippen LogP contribution in [0.15, 0.2) is 89.8 Å². The van der Waals surface area contributed by atoms with Gasteiger partial charge in [-0.25, -0.2) is 0 Å². The van der Waals surface area contributed by atoms with Crippen molar-refractivity contribution in [2.45, 2.75) is 0 Å². The highest BCUT2D eigenvalue weighted by atomic mass is 32.2. The second kappa shape index (κ2) is 8.29. The summed E-state index contributed by atoms with van der Waals surface area (Å²) >= 11 is 0.860. The number of hydrogen-bond donors (Lipinski definition) is 0. The van der Waals surface area contributed by atoms with Crippen molar-refractivity contribution in [2.75, 3.05) is 6.54 Å². The van der Waals surface area contributed by atoms with Crippen molar-refractivity contribution in [1.82, 2.24) is 4.90 Å². The van der Waals surface area contributed by atoms with Crippen molar-refractivity contribution >= 4 is 34.8 Å². The molecule has 0 aliphatic carbocycles. The first kappa shape index (κ1) is 18.9. The molecule has 2 amide bonds. The van der Waals surface area contributed by atoms with E-state index >= 15 is 0 Å². The third kappa shape index (κ3) is 4.20. The Kier molecular flexibility index (Phi) is 5.40. The lowest BCUT2D eigenvalue weighted by molar-refractivity contribution is -0.122. The molecule has 0 unspecified atom stereocenters. The van der Waals surface area contributed by atoms with Gasteiger partial charge in [-0.3, -0.25) is 19.3 Å². The van der Waals surface area contributed by atoms with Crippen molar-refractivity contribution in [3.63, 3.8) is 0 Å². The number of ketones is 1. The zero-order valence-corrected chi connectivity index (χ0v) is 16.3. The van der Waals surface area contributed by atoms with E-state index in [1.165, 1.54) is 0 Å². The summed E-state index contributed by atoms with van der Waals surface area (Å²) < 4.78 is 0. The van der Waals surface area contributed by atoms with Crippen molar-refractivity contribution in [2.24, 2.45) is 0 Å². The first-order chi connectivity index (χ1) is 14.1. The zero-order chi connectivity index (χ0) is 20.2. The number of benzene rings is 3. The van der Waals surface area contributed by atoms with Crippen molar-refractivity contribution in [1.29, 1.82) is 0 Å². The van der Waals surface area contributed by atoms with Gasteiger partial charge in [-0.1, -0.05) is 84.9 Å². The van der Waals surface area contributed by atoms with Crippen LogP contribution in [0, 0.1) is 0 Å².